The molecule has 30 heavy (non-hydrogen) atoms. The van der Waals surface area contributed by atoms with Crippen LogP contribution in [-0.4, -0.2) is 36.8 Å². The fourth-order valence-corrected chi connectivity index (χ4v) is 3.35. The molecule has 0 radical (unpaired) electrons. The van der Waals surface area contributed by atoms with Crippen molar-refractivity contribution >= 4 is 22.6 Å². The van der Waals surface area contributed by atoms with Gasteiger partial charge in [-0.2, -0.15) is 0 Å². The SMILES string of the molecule is CO[C@@H](Cc1ccc(OCC(=O)NC(C)c2cccc3ccccc23)cc1)C(=O)O. The lowest BCUT2D eigenvalue weighted by molar-refractivity contribution is -0.148. The summed E-state index contributed by atoms with van der Waals surface area (Å²) in [7, 11) is 1.37. The normalized spacial score (nSPS) is 12.9. The van der Waals surface area contributed by atoms with Gasteiger partial charge in [-0.15, -0.1) is 0 Å². The summed E-state index contributed by atoms with van der Waals surface area (Å²) in [6.45, 7) is 1.84. The first kappa shape index (κ1) is 21.3. The second-order valence-electron chi connectivity index (χ2n) is 7.06. The Morgan fingerprint density at radius 3 is 2.40 bits per heavy atom. The largest absolute Gasteiger partial charge is 0.484 e. The zero-order valence-electron chi connectivity index (χ0n) is 17.0. The molecular weight excluding hydrogens is 382 g/mol. The monoisotopic (exact) mass is 407 g/mol. The minimum absolute atomic E-state index is 0.107. The molecule has 6 heteroatoms. The summed E-state index contributed by atoms with van der Waals surface area (Å²) in [5, 5.41) is 14.3. The molecule has 1 amide bonds. The number of methoxy groups -OCH3 is 1. The number of amides is 1. The average molecular weight is 407 g/mol. The molecule has 0 aliphatic heterocycles. The van der Waals surface area contributed by atoms with Crippen LogP contribution in [0.15, 0.2) is 66.7 Å². The van der Waals surface area contributed by atoms with Crippen molar-refractivity contribution in [2.45, 2.75) is 25.5 Å². The zero-order chi connectivity index (χ0) is 21.5. The summed E-state index contributed by atoms with van der Waals surface area (Å²) in [6, 6.07) is 20.9. The standard InChI is InChI=1S/C24H25NO5/c1-16(20-9-5-7-18-6-3-4-8-21(18)20)25-23(26)15-30-19-12-10-17(11-13-19)14-22(29-2)24(27)28/h3-13,16,22H,14-15H2,1-2H3,(H,25,26)(H,27,28)/t16?,22-/m0/s1. The Labute approximate surface area is 175 Å². The number of carbonyl (C=O) groups excluding carboxylic acids is 1. The third-order valence-electron chi connectivity index (χ3n) is 4.94. The van der Waals surface area contributed by atoms with Gasteiger partial charge in [-0.1, -0.05) is 54.6 Å². The van der Waals surface area contributed by atoms with Gasteiger partial charge in [0.05, 0.1) is 6.04 Å². The van der Waals surface area contributed by atoms with Crippen molar-refractivity contribution in [2.75, 3.05) is 13.7 Å². The number of fused-ring (bicyclic) bond motifs is 1. The topological polar surface area (TPSA) is 84.9 Å². The average Bonchev–Trinajstić information content (AvgIpc) is 2.76. The molecule has 156 valence electrons. The van der Waals surface area contributed by atoms with E-state index in [0.717, 1.165) is 21.9 Å². The highest BCUT2D eigenvalue weighted by molar-refractivity contribution is 5.87. The zero-order valence-corrected chi connectivity index (χ0v) is 17.0. The molecule has 2 N–H and O–H groups in total. The Morgan fingerprint density at radius 2 is 1.70 bits per heavy atom. The highest BCUT2D eigenvalue weighted by Gasteiger charge is 2.17. The molecule has 3 rings (SSSR count). The van der Waals surface area contributed by atoms with E-state index < -0.39 is 12.1 Å². The molecule has 0 fully saturated rings. The van der Waals surface area contributed by atoms with Crippen LogP contribution in [0.5, 0.6) is 5.75 Å². The van der Waals surface area contributed by atoms with Gasteiger partial charge in [0.25, 0.3) is 5.91 Å². The summed E-state index contributed by atoms with van der Waals surface area (Å²) in [5.41, 5.74) is 1.86. The Morgan fingerprint density at radius 1 is 1.00 bits per heavy atom. The van der Waals surface area contributed by atoms with E-state index in [9.17, 15) is 9.59 Å². The van der Waals surface area contributed by atoms with Crippen LogP contribution in [0, 0.1) is 0 Å². The Bertz CT molecular complexity index is 1010. The molecule has 0 saturated heterocycles. The predicted molar refractivity (Wildman–Crippen MR) is 115 cm³/mol. The van der Waals surface area contributed by atoms with E-state index in [1.54, 1.807) is 24.3 Å². The fourth-order valence-electron chi connectivity index (χ4n) is 3.35. The molecule has 0 spiro atoms. The molecule has 1 unspecified atom stereocenters. The van der Waals surface area contributed by atoms with E-state index in [4.69, 9.17) is 14.6 Å². The van der Waals surface area contributed by atoms with E-state index in [1.807, 2.05) is 49.4 Å². The molecule has 0 aliphatic rings. The minimum atomic E-state index is -1.00. The summed E-state index contributed by atoms with van der Waals surface area (Å²) >= 11 is 0. The highest BCUT2D eigenvalue weighted by Crippen LogP contribution is 2.24. The Kier molecular flexibility index (Phi) is 7.03. The molecule has 3 aromatic rings. The summed E-state index contributed by atoms with van der Waals surface area (Å²) in [5.74, 6) is -0.685. The van der Waals surface area contributed by atoms with Crippen molar-refractivity contribution in [2.24, 2.45) is 0 Å². The number of carboxylic acid groups (broad SMARTS) is 1. The summed E-state index contributed by atoms with van der Waals surface area (Å²) in [6.07, 6.45) is -0.632. The van der Waals surface area contributed by atoms with Gasteiger partial charge in [-0.3, -0.25) is 4.79 Å². The summed E-state index contributed by atoms with van der Waals surface area (Å²) in [4.78, 5) is 23.4. The van der Waals surface area contributed by atoms with E-state index in [2.05, 4.69) is 5.32 Å². The van der Waals surface area contributed by atoms with Crippen LogP contribution in [-0.2, 0) is 20.7 Å². The number of hydrogen-bond acceptors (Lipinski definition) is 4. The van der Waals surface area contributed by atoms with Gasteiger partial charge >= 0.3 is 5.97 Å². The van der Waals surface area contributed by atoms with Gasteiger partial charge in [0.1, 0.15) is 5.75 Å². The number of nitrogens with one attached hydrogen (secondary N) is 1. The number of carboxylic acids is 1. The maximum absolute atomic E-state index is 12.3. The molecule has 0 aromatic heterocycles. The number of hydrogen-bond donors (Lipinski definition) is 2. The first-order valence-electron chi connectivity index (χ1n) is 9.72. The van der Waals surface area contributed by atoms with Crippen LogP contribution in [0.3, 0.4) is 0 Å². The smallest absolute Gasteiger partial charge is 0.333 e. The van der Waals surface area contributed by atoms with Crippen LogP contribution >= 0.6 is 0 Å². The van der Waals surface area contributed by atoms with Crippen molar-refractivity contribution in [1.29, 1.82) is 0 Å². The third-order valence-corrected chi connectivity index (χ3v) is 4.94. The Hall–Kier alpha value is -3.38. The second-order valence-corrected chi connectivity index (χ2v) is 7.06. The lowest BCUT2D eigenvalue weighted by Gasteiger charge is -2.17. The van der Waals surface area contributed by atoms with E-state index >= 15 is 0 Å². The predicted octanol–water partition coefficient (Wildman–Crippen LogP) is 3.74. The van der Waals surface area contributed by atoms with Gasteiger partial charge in [-0.25, -0.2) is 4.79 Å². The second kappa shape index (κ2) is 9.89. The quantitative estimate of drug-likeness (QED) is 0.564. The molecule has 0 aliphatic carbocycles. The van der Waals surface area contributed by atoms with E-state index in [0.29, 0.717) is 5.75 Å². The number of benzene rings is 3. The van der Waals surface area contributed by atoms with Gasteiger partial charge < -0.3 is 19.9 Å². The first-order valence-corrected chi connectivity index (χ1v) is 9.72. The van der Waals surface area contributed by atoms with Crippen molar-refractivity contribution in [1.82, 2.24) is 5.32 Å². The van der Waals surface area contributed by atoms with Crippen molar-refractivity contribution < 1.29 is 24.2 Å². The minimum Gasteiger partial charge on any atom is -0.484 e. The van der Waals surface area contributed by atoms with Crippen LogP contribution in [0.1, 0.15) is 24.1 Å². The van der Waals surface area contributed by atoms with Gasteiger partial charge in [-0.05, 0) is 41.0 Å². The van der Waals surface area contributed by atoms with E-state index in [-0.39, 0.29) is 25.0 Å². The first-order chi connectivity index (χ1) is 14.5. The fraction of sp³-hybridized carbons (Fsp3) is 0.250. The molecule has 0 bridgehead atoms. The molecule has 0 heterocycles. The maximum atomic E-state index is 12.3. The lowest BCUT2D eigenvalue weighted by atomic mass is 10.00. The number of carbonyl (C=O) groups is 2. The molecule has 0 saturated carbocycles. The van der Waals surface area contributed by atoms with Gasteiger partial charge in [0.2, 0.25) is 0 Å². The molecule has 2 atom stereocenters. The van der Waals surface area contributed by atoms with Gasteiger partial charge in [0.15, 0.2) is 12.7 Å². The van der Waals surface area contributed by atoms with Gasteiger partial charge in [0, 0.05) is 13.5 Å². The van der Waals surface area contributed by atoms with Crippen LogP contribution in [0.25, 0.3) is 10.8 Å². The third kappa shape index (κ3) is 5.36. The highest BCUT2D eigenvalue weighted by atomic mass is 16.5. The summed E-state index contributed by atoms with van der Waals surface area (Å²) < 4.78 is 10.5. The van der Waals surface area contributed by atoms with Crippen LogP contribution in [0.2, 0.25) is 0 Å². The van der Waals surface area contributed by atoms with Crippen molar-refractivity contribution in [3.8, 4) is 5.75 Å². The van der Waals surface area contributed by atoms with Crippen molar-refractivity contribution in [3.05, 3.63) is 77.9 Å². The van der Waals surface area contributed by atoms with Crippen LogP contribution < -0.4 is 10.1 Å². The number of aliphatic carboxylic acids is 1. The maximum Gasteiger partial charge on any atom is 0.333 e. The molecule has 6 nitrogen and oxygen atoms in total. The molecular formula is C24H25NO5. The lowest BCUT2D eigenvalue weighted by Crippen LogP contribution is -2.31. The van der Waals surface area contributed by atoms with E-state index in [1.165, 1.54) is 7.11 Å². The number of rotatable bonds is 9. The van der Waals surface area contributed by atoms with Crippen molar-refractivity contribution in [3.63, 3.8) is 0 Å². The number of ether oxygens (including phenoxy) is 2. The Balaban J connectivity index is 1.54. The molecule has 3 aromatic carbocycles. The van der Waals surface area contributed by atoms with Crippen LogP contribution in [0.4, 0.5) is 0 Å².